The van der Waals surface area contributed by atoms with Gasteiger partial charge < -0.3 is 14.2 Å². The van der Waals surface area contributed by atoms with Crippen molar-refractivity contribution >= 4 is 62.2 Å². The van der Waals surface area contributed by atoms with Crippen LogP contribution in [-0.4, -0.2) is 48.0 Å². The molecule has 0 radical (unpaired) electrons. The molecule has 188 valence electrons. The van der Waals surface area contributed by atoms with E-state index in [0.29, 0.717) is 46.9 Å². The maximum absolute atomic E-state index is 12.9. The molecule has 1 heterocycles. The maximum atomic E-state index is 12.9. The van der Waals surface area contributed by atoms with Crippen LogP contribution < -0.4 is 9.47 Å². The van der Waals surface area contributed by atoms with Crippen molar-refractivity contribution in [3.05, 3.63) is 27.1 Å². The number of carbonyl (C=O) groups is 2. The van der Waals surface area contributed by atoms with Crippen molar-refractivity contribution < 1.29 is 23.8 Å². The number of unbranched alkanes of at least 4 members (excludes halogenated alkanes) is 5. The number of methoxy groups -OCH3 is 1. The molecule has 0 aromatic heterocycles. The van der Waals surface area contributed by atoms with Crippen molar-refractivity contribution in [2.45, 2.75) is 65.2 Å². The van der Waals surface area contributed by atoms with Gasteiger partial charge in [-0.05, 0) is 65.9 Å². The van der Waals surface area contributed by atoms with Crippen LogP contribution in [-0.2, 0) is 14.3 Å². The third kappa shape index (κ3) is 8.89. The second-order valence-electron chi connectivity index (χ2n) is 7.89. The molecule has 1 aromatic carbocycles. The van der Waals surface area contributed by atoms with E-state index >= 15 is 0 Å². The Morgan fingerprint density at radius 3 is 2.62 bits per heavy atom. The lowest BCUT2D eigenvalue weighted by atomic mass is 10.1. The van der Waals surface area contributed by atoms with Crippen molar-refractivity contribution in [2.75, 3.05) is 26.9 Å². The fourth-order valence-corrected chi connectivity index (χ4v) is 5.34. The minimum atomic E-state index is -0.175. The van der Waals surface area contributed by atoms with Gasteiger partial charge in [0.15, 0.2) is 11.5 Å². The predicted molar refractivity (Wildman–Crippen MR) is 145 cm³/mol. The zero-order valence-corrected chi connectivity index (χ0v) is 23.4. The third-order valence-electron chi connectivity index (χ3n) is 5.24. The lowest BCUT2D eigenvalue weighted by molar-refractivity contribution is -0.143. The summed E-state index contributed by atoms with van der Waals surface area (Å²) in [6.45, 7) is 5.56. The Morgan fingerprint density at radius 1 is 1.15 bits per heavy atom. The highest BCUT2D eigenvalue weighted by atomic mass is 79.9. The fourth-order valence-electron chi connectivity index (χ4n) is 3.46. The first-order valence-electron chi connectivity index (χ1n) is 11.8. The molecule has 0 aliphatic carbocycles. The molecule has 0 saturated carbocycles. The zero-order valence-electron chi connectivity index (χ0n) is 20.2. The quantitative estimate of drug-likeness (QED) is 0.0998. The predicted octanol–water partition coefficient (Wildman–Crippen LogP) is 6.74. The first kappa shape index (κ1) is 28.7. The van der Waals surface area contributed by atoms with Gasteiger partial charge in [-0.2, -0.15) is 0 Å². The summed E-state index contributed by atoms with van der Waals surface area (Å²) in [6.07, 6.45) is 9.11. The van der Waals surface area contributed by atoms with Crippen LogP contribution in [0.2, 0.25) is 0 Å². The average molecular weight is 573 g/mol. The number of hydrogen-bond donors (Lipinski definition) is 0. The summed E-state index contributed by atoms with van der Waals surface area (Å²) in [4.78, 5) is 26.6. The first-order valence-corrected chi connectivity index (χ1v) is 13.8. The highest BCUT2D eigenvalue weighted by molar-refractivity contribution is 9.10. The van der Waals surface area contributed by atoms with E-state index < -0.39 is 0 Å². The Labute approximate surface area is 220 Å². The molecule has 9 heteroatoms. The minimum Gasteiger partial charge on any atom is -0.493 e. The van der Waals surface area contributed by atoms with Gasteiger partial charge in [0.25, 0.3) is 5.91 Å². The number of carbonyl (C=O) groups excluding carboxylic acids is 2. The molecule has 0 atom stereocenters. The highest BCUT2D eigenvalue weighted by Gasteiger charge is 2.31. The molecule has 34 heavy (non-hydrogen) atoms. The van der Waals surface area contributed by atoms with Gasteiger partial charge in [-0.25, -0.2) is 0 Å². The van der Waals surface area contributed by atoms with Crippen LogP contribution in [0.15, 0.2) is 21.5 Å². The van der Waals surface area contributed by atoms with Crippen molar-refractivity contribution in [1.29, 1.82) is 0 Å². The minimum absolute atomic E-state index is 0.0910. The second kappa shape index (κ2) is 15.4. The van der Waals surface area contributed by atoms with Crippen molar-refractivity contribution in [1.82, 2.24) is 4.90 Å². The second-order valence-corrected chi connectivity index (χ2v) is 10.4. The van der Waals surface area contributed by atoms with E-state index in [-0.39, 0.29) is 11.9 Å². The van der Waals surface area contributed by atoms with Gasteiger partial charge in [0.05, 0.1) is 29.7 Å². The monoisotopic (exact) mass is 571 g/mol. The Balaban J connectivity index is 1.96. The molecule has 1 amide bonds. The van der Waals surface area contributed by atoms with Crippen LogP contribution in [0, 0.1) is 0 Å². The third-order valence-corrected chi connectivity index (χ3v) is 7.20. The smallest absolute Gasteiger partial charge is 0.305 e. The number of esters is 1. The van der Waals surface area contributed by atoms with Crippen LogP contribution in [0.25, 0.3) is 6.08 Å². The molecule has 0 N–H and O–H groups in total. The Kier molecular flexibility index (Phi) is 13.0. The van der Waals surface area contributed by atoms with E-state index in [9.17, 15) is 9.59 Å². The summed E-state index contributed by atoms with van der Waals surface area (Å²) in [7, 11) is 1.61. The molecular formula is C25H34BrNO5S2. The number of nitrogens with zero attached hydrogens (tertiary/aromatic N) is 1. The standard InChI is InChI=1S/C25H34BrNO5S2/c1-4-6-7-11-14-32-23-19(26)15-18(16-20(23)30-3)17-21-24(29)27(25(33)34-21)13-10-8-9-12-22(28)31-5-2/h15-17H,4-14H2,1-3H3/b21-17-. The summed E-state index contributed by atoms with van der Waals surface area (Å²) in [5.74, 6) is 1.02. The molecule has 6 nitrogen and oxygen atoms in total. The molecule has 1 aromatic rings. The lowest BCUT2D eigenvalue weighted by Crippen LogP contribution is -2.29. The van der Waals surface area contributed by atoms with Crippen molar-refractivity contribution in [2.24, 2.45) is 0 Å². The van der Waals surface area contributed by atoms with E-state index in [0.717, 1.165) is 42.1 Å². The van der Waals surface area contributed by atoms with Gasteiger partial charge in [0.1, 0.15) is 4.32 Å². The summed E-state index contributed by atoms with van der Waals surface area (Å²) in [6, 6.07) is 3.79. The first-order chi connectivity index (χ1) is 16.4. The number of benzene rings is 1. The SMILES string of the molecule is CCCCCCOc1c(Br)cc(/C=C2\SC(=S)N(CCCCCC(=O)OCC)C2=O)cc1OC. The van der Waals surface area contributed by atoms with Crippen molar-refractivity contribution in [3.63, 3.8) is 0 Å². The Bertz CT molecular complexity index is 890. The van der Waals surface area contributed by atoms with E-state index in [1.807, 2.05) is 18.2 Å². The number of rotatable bonds is 15. The highest BCUT2D eigenvalue weighted by Crippen LogP contribution is 2.39. The molecule has 1 fully saturated rings. The molecule has 1 aliphatic heterocycles. The number of hydrogen-bond acceptors (Lipinski definition) is 7. The lowest BCUT2D eigenvalue weighted by Gasteiger charge is -2.14. The van der Waals surface area contributed by atoms with Crippen molar-refractivity contribution in [3.8, 4) is 11.5 Å². The topological polar surface area (TPSA) is 65.1 Å². The summed E-state index contributed by atoms with van der Waals surface area (Å²) < 4.78 is 17.8. The molecule has 1 aliphatic rings. The van der Waals surface area contributed by atoms with Crippen LogP contribution >= 0.6 is 39.9 Å². The van der Waals surface area contributed by atoms with Gasteiger partial charge in [0, 0.05) is 13.0 Å². The largest absolute Gasteiger partial charge is 0.493 e. The van der Waals surface area contributed by atoms with Crippen LogP contribution in [0.5, 0.6) is 11.5 Å². The van der Waals surface area contributed by atoms with Gasteiger partial charge >= 0.3 is 5.97 Å². The van der Waals surface area contributed by atoms with E-state index in [1.54, 1.807) is 18.9 Å². The number of halogens is 1. The molecule has 2 rings (SSSR count). The number of amides is 1. The van der Waals surface area contributed by atoms with E-state index in [2.05, 4.69) is 22.9 Å². The normalized spacial score (nSPS) is 14.7. The molecule has 0 bridgehead atoms. The Morgan fingerprint density at radius 2 is 1.91 bits per heavy atom. The van der Waals surface area contributed by atoms with Gasteiger partial charge in [-0.1, -0.05) is 56.6 Å². The Hall–Kier alpha value is -1.58. The fraction of sp³-hybridized carbons (Fsp3) is 0.560. The molecule has 0 spiro atoms. The van der Waals surface area contributed by atoms with E-state index in [1.165, 1.54) is 24.6 Å². The maximum Gasteiger partial charge on any atom is 0.305 e. The summed E-state index contributed by atoms with van der Waals surface area (Å²) >= 11 is 10.3. The molecule has 0 unspecified atom stereocenters. The molecule has 1 saturated heterocycles. The van der Waals surface area contributed by atoms with Gasteiger partial charge in [0.2, 0.25) is 0 Å². The number of thiocarbonyl (C=S) groups is 1. The summed E-state index contributed by atoms with van der Waals surface area (Å²) in [5.41, 5.74) is 0.831. The zero-order chi connectivity index (χ0) is 24.9. The number of thioether (sulfide) groups is 1. The van der Waals surface area contributed by atoms with Gasteiger partial charge in [-0.3, -0.25) is 14.5 Å². The van der Waals surface area contributed by atoms with Crippen LogP contribution in [0.1, 0.15) is 70.8 Å². The van der Waals surface area contributed by atoms with Gasteiger partial charge in [-0.15, -0.1) is 0 Å². The van der Waals surface area contributed by atoms with Crippen LogP contribution in [0.3, 0.4) is 0 Å². The molecular weight excluding hydrogens is 538 g/mol. The summed E-state index contributed by atoms with van der Waals surface area (Å²) in [5, 5.41) is 0. The van der Waals surface area contributed by atoms with Crippen LogP contribution in [0.4, 0.5) is 0 Å². The van der Waals surface area contributed by atoms with E-state index in [4.69, 9.17) is 26.4 Å². The average Bonchev–Trinajstić information content (AvgIpc) is 3.06. The number of ether oxygens (including phenoxy) is 3.